The first-order chi connectivity index (χ1) is 11.2. The Hall–Kier alpha value is -1.93. The molecule has 0 aliphatic carbocycles. The Kier molecular flexibility index (Phi) is 4.92. The van der Waals surface area contributed by atoms with E-state index in [-0.39, 0.29) is 0 Å². The Morgan fingerprint density at radius 1 is 1.35 bits per heavy atom. The quantitative estimate of drug-likeness (QED) is 0.784. The van der Waals surface area contributed by atoms with E-state index in [2.05, 4.69) is 27.1 Å². The number of carboxylic acids is 1. The highest BCUT2D eigenvalue weighted by Crippen LogP contribution is 2.20. The van der Waals surface area contributed by atoms with Crippen molar-refractivity contribution in [1.29, 1.82) is 0 Å². The van der Waals surface area contributed by atoms with Crippen LogP contribution in [0.2, 0.25) is 0 Å². The fourth-order valence-corrected chi connectivity index (χ4v) is 2.84. The normalized spacial score (nSPS) is 22.2. The highest BCUT2D eigenvalue weighted by atomic mass is 16.5. The van der Waals surface area contributed by atoms with Gasteiger partial charge in [0.15, 0.2) is 0 Å². The molecular weight excluding hydrogens is 298 g/mol. The van der Waals surface area contributed by atoms with E-state index in [1.807, 2.05) is 11.0 Å². The van der Waals surface area contributed by atoms with Crippen molar-refractivity contribution < 1.29 is 14.6 Å². The number of piperazine rings is 1. The number of nitrogens with one attached hydrogen (secondary N) is 1. The van der Waals surface area contributed by atoms with Crippen molar-refractivity contribution in [1.82, 2.24) is 15.3 Å². The van der Waals surface area contributed by atoms with Gasteiger partial charge in [0.25, 0.3) is 0 Å². The van der Waals surface area contributed by atoms with Crippen LogP contribution >= 0.6 is 0 Å². The lowest BCUT2D eigenvalue weighted by atomic mass is 10.2. The van der Waals surface area contributed by atoms with Crippen LogP contribution in [-0.4, -0.2) is 73.0 Å². The molecule has 0 spiro atoms. The second-order valence-corrected chi connectivity index (χ2v) is 5.76. The third-order valence-corrected chi connectivity index (χ3v) is 4.21. The van der Waals surface area contributed by atoms with Gasteiger partial charge in [-0.2, -0.15) is 4.98 Å². The standard InChI is InChI=1S/C15H23N5O3/c1-2-11-9-13(20-4-3-16-12(10-20)14(21)22)18-15(17-11)19-5-7-23-8-6-19/h9,12,16H,2-8,10H2,1H3,(H,21,22)/t12-/m0/s1. The van der Waals surface area contributed by atoms with Crippen LogP contribution < -0.4 is 15.1 Å². The number of aromatic nitrogens is 2. The summed E-state index contributed by atoms with van der Waals surface area (Å²) in [6, 6.07) is 1.41. The van der Waals surface area contributed by atoms with Gasteiger partial charge in [0.1, 0.15) is 11.9 Å². The molecule has 0 unspecified atom stereocenters. The molecule has 0 amide bonds. The van der Waals surface area contributed by atoms with Gasteiger partial charge in [-0.3, -0.25) is 4.79 Å². The third kappa shape index (κ3) is 3.70. The van der Waals surface area contributed by atoms with Crippen molar-refractivity contribution in [2.45, 2.75) is 19.4 Å². The number of morpholine rings is 1. The van der Waals surface area contributed by atoms with Gasteiger partial charge in [-0.15, -0.1) is 0 Å². The van der Waals surface area contributed by atoms with Gasteiger partial charge in [-0.1, -0.05) is 6.92 Å². The van der Waals surface area contributed by atoms with E-state index in [0.717, 1.165) is 37.6 Å². The van der Waals surface area contributed by atoms with Crippen LogP contribution in [0.3, 0.4) is 0 Å². The summed E-state index contributed by atoms with van der Waals surface area (Å²) >= 11 is 0. The van der Waals surface area contributed by atoms with E-state index in [1.165, 1.54) is 0 Å². The van der Waals surface area contributed by atoms with Gasteiger partial charge in [0.05, 0.1) is 13.2 Å². The highest BCUT2D eigenvalue weighted by molar-refractivity contribution is 5.74. The van der Waals surface area contributed by atoms with E-state index in [0.29, 0.717) is 32.3 Å². The van der Waals surface area contributed by atoms with E-state index >= 15 is 0 Å². The lowest BCUT2D eigenvalue weighted by Crippen LogP contribution is -2.54. The number of carbonyl (C=O) groups is 1. The molecular formula is C15H23N5O3. The summed E-state index contributed by atoms with van der Waals surface area (Å²) in [5.41, 5.74) is 0.974. The number of aliphatic carboxylic acids is 1. The van der Waals surface area contributed by atoms with Crippen molar-refractivity contribution >= 4 is 17.7 Å². The van der Waals surface area contributed by atoms with Gasteiger partial charge in [-0.25, -0.2) is 4.98 Å². The molecule has 0 saturated carbocycles. The fraction of sp³-hybridized carbons (Fsp3) is 0.667. The maximum atomic E-state index is 11.2. The Bertz CT molecular complexity index is 562. The van der Waals surface area contributed by atoms with Gasteiger partial charge in [0, 0.05) is 44.5 Å². The number of hydrogen-bond donors (Lipinski definition) is 2. The predicted molar refractivity (Wildman–Crippen MR) is 86.1 cm³/mol. The zero-order valence-corrected chi connectivity index (χ0v) is 13.4. The topological polar surface area (TPSA) is 90.8 Å². The first-order valence-electron chi connectivity index (χ1n) is 8.09. The number of hydrogen-bond acceptors (Lipinski definition) is 7. The predicted octanol–water partition coefficient (Wildman–Crippen LogP) is -0.262. The maximum absolute atomic E-state index is 11.2. The summed E-state index contributed by atoms with van der Waals surface area (Å²) in [5, 5.41) is 12.2. The van der Waals surface area contributed by atoms with Gasteiger partial charge >= 0.3 is 5.97 Å². The van der Waals surface area contributed by atoms with Gasteiger partial charge in [0.2, 0.25) is 5.95 Å². The molecule has 23 heavy (non-hydrogen) atoms. The first-order valence-corrected chi connectivity index (χ1v) is 8.09. The SMILES string of the molecule is CCc1cc(N2CCN[C@H](C(=O)O)C2)nc(N2CCOCC2)n1. The molecule has 0 aromatic carbocycles. The van der Waals surface area contributed by atoms with E-state index in [4.69, 9.17) is 4.74 Å². The molecule has 126 valence electrons. The molecule has 2 fully saturated rings. The second kappa shape index (κ2) is 7.10. The average Bonchev–Trinajstić information content (AvgIpc) is 2.62. The van der Waals surface area contributed by atoms with Crippen LogP contribution in [0.4, 0.5) is 11.8 Å². The molecule has 0 bridgehead atoms. The molecule has 3 rings (SSSR count). The number of rotatable bonds is 4. The number of nitrogens with zero attached hydrogens (tertiary/aromatic N) is 4. The average molecular weight is 321 g/mol. The third-order valence-electron chi connectivity index (χ3n) is 4.21. The smallest absolute Gasteiger partial charge is 0.322 e. The van der Waals surface area contributed by atoms with Crippen LogP contribution in [0.1, 0.15) is 12.6 Å². The van der Waals surface area contributed by atoms with Crippen molar-refractivity contribution in [2.75, 3.05) is 55.7 Å². The molecule has 2 aliphatic rings. The number of aryl methyl sites for hydroxylation is 1. The number of ether oxygens (including phenoxy) is 1. The Morgan fingerprint density at radius 2 is 2.13 bits per heavy atom. The molecule has 1 aromatic heterocycles. The molecule has 2 N–H and O–H groups in total. The number of anilines is 2. The minimum absolute atomic E-state index is 0.415. The van der Waals surface area contributed by atoms with Crippen LogP contribution in [0.5, 0.6) is 0 Å². The molecule has 3 heterocycles. The molecule has 1 atom stereocenters. The molecule has 8 heteroatoms. The van der Waals surface area contributed by atoms with Crippen LogP contribution in [-0.2, 0) is 16.0 Å². The zero-order valence-electron chi connectivity index (χ0n) is 13.4. The Labute approximate surface area is 135 Å². The molecule has 8 nitrogen and oxygen atoms in total. The van der Waals surface area contributed by atoms with E-state index < -0.39 is 12.0 Å². The van der Waals surface area contributed by atoms with Crippen LogP contribution in [0, 0.1) is 0 Å². The summed E-state index contributed by atoms with van der Waals surface area (Å²) in [5.74, 6) is 0.701. The van der Waals surface area contributed by atoms with Crippen molar-refractivity contribution in [2.24, 2.45) is 0 Å². The minimum atomic E-state index is -0.826. The maximum Gasteiger partial charge on any atom is 0.322 e. The highest BCUT2D eigenvalue weighted by Gasteiger charge is 2.26. The monoisotopic (exact) mass is 321 g/mol. The summed E-state index contributed by atoms with van der Waals surface area (Å²) in [4.78, 5) is 24.7. The van der Waals surface area contributed by atoms with Gasteiger partial charge in [-0.05, 0) is 6.42 Å². The zero-order chi connectivity index (χ0) is 16.2. The molecule has 1 aromatic rings. The van der Waals surface area contributed by atoms with Crippen molar-refractivity contribution in [3.63, 3.8) is 0 Å². The van der Waals surface area contributed by atoms with Crippen LogP contribution in [0.15, 0.2) is 6.07 Å². The lowest BCUT2D eigenvalue weighted by molar-refractivity contribution is -0.139. The van der Waals surface area contributed by atoms with Crippen LogP contribution in [0.25, 0.3) is 0 Å². The largest absolute Gasteiger partial charge is 0.480 e. The van der Waals surface area contributed by atoms with E-state index in [1.54, 1.807) is 0 Å². The van der Waals surface area contributed by atoms with Crippen molar-refractivity contribution in [3.8, 4) is 0 Å². The summed E-state index contributed by atoms with van der Waals surface area (Å²) in [7, 11) is 0. The Balaban J connectivity index is 1.84. The summed E-state index contributed by atoms with van der Waals surface area (Å²) in [6.45, 7) is 6.79. The van der Waals surface area contributed by atoms with Crippen molar-refractivity contribution in [3.05, 3.63) is 11.8 Å². The second-order valence-electron chi connectivity index (χ2n) is 5.76. The lowest BCUT2D eigenvalue weighted by Gasteiger charge is -2.33. The first kappa shape index (κ1) is 15.9. The molecule has 2 aliphatic heterocycles. The fourth-order valence-electron chi connectivity index (χ4n) is 2.84. The number of carboxylic acid groups (broad SMARTS) is 1. The summed E-state index contributed by atoms with van der Waals surface area (Å²) < 4.78 is 5.38. The van der Waals surface area contributed by atoms with E-state index in [9.17, 15) is 9.90 Å². The minimum Gasteiger partial charge on any atom is -0.480 e. The molecule has 2 saturated heterocycles. The summed E-state index contributed by atoms with van der Waals surface area (Å²) in [6.07, 6.45) is 0.821. The Morgan fingerprint density at radius 3 is 2.83 bits per heavy atom. The van der Waals surface area contributed by atoms with Gasteiger partial charge < -0.3 is 25.0 Å². The molecule has 0 radical (unpaired) electrons.